The van der Waals surface area contributed by atoms with Crippen LogP contribution in [0.25, 0.3) is 0 Å². The fourth-order valence-electron chi connectivity index (χ4n) is 2.14. The molecule has 0 aliphatic heterocycles. The van der Waals surface area contributed by atoms with Crippen LogP contribution in [-0.2, 0) is 31.1 Å². The van der Waals surface area contributed by atoms with Crippen molar-refractivity contribution in [3.63, 3.8) is 0 Å². The monoisotopic (exact) mass is 308 g/mol. The summed E-state index contributed by atoms with van der Waals surface area (Å²) in [4.78, 5) is 24.1. The molecule has 0 bridgehead atoms. The van der Waals surface area contributed by atoms with Crippen molar-refractivity contribution < 1.29 is 24.2 Å². The fraction of sp³-hybridized carbons (Fsp3) is 0.529. The van der Waals surface area contributed by atoms with Crippen molar-refractivity contribution >= 4 is 11.9 Å². The molecule has 0 aliphatic carbocycles. The van der Waals surface area contributed by atoms with Crippen molar-refractivity contribution in [2.24, 2.45) is 5.92 Å². The normalized spacial score (nSPS) is 11.4. The Morgan fingerprint density at radius 3 is 1.86 bits per heavy atom. The highest BCUT2D eigenvalue weighted by Gasteiger charge is 2.49. The van der Waals surface area contributed by atoms with Gasteiger partial charge >= 0.3 is 11.9 Å². The number of hydrogen-bond donors (Lipinski definition) is 1. The van der Waals surface area contributed by atoms with E-state index >= 15 is 0 Å². The third kappa shape index (κ3) is 4.07. The molecule has 1 aromatic carbocycles. The zero-order chi connectivity index (χ0) is 16.8. The van der Waals surface area contributed by atoms with E-state index in [1.165, 1.54) is 0 Å². The van der Waals surface area contributed by atoms with Gasteiger partial charge in [0.05, 0.1) is 13.2 Å². The number of esters is 2. The average molecular weight is 308 g/mol. The van der Waals surface area contributed by atoms with Crippen LogP contribution in [0.3, 0.4) is 0 Å². The van der Waals surface area contributed by atoms with Crippen molar-refractivity contribution in [2.45, 2.75) is 39.7 Å². The molecule has 0 heterocycles. The first-order valence-corrected chi connectivity index (χ1v) is 7.52. The van der Waals surface area contributed by atoms with E-state index in [-0.39, 0.29) is 18.8 Å². The summed E-state index contributed by atoms with van der Waals surface area (Å²) in [6, 6.07) is 6.70. The molecule has 0 aliphatic rings. The molecule has 22 heavy (non-hydrogen) atoms. The van der Waals surface area contributed by atoms with Gasteiger partial charge in [-0.1, -0.05) is 38.1 Å². The van der Waals surface area contributed by atoms with E-state index in [0.717, 1.165) is 12.0 Å². The molecular weight excluding hydrogens is 284 g/mol. The number of benzene rings is 1. The highest BCUT2D eigenvalue weighted by atomic mass is 16.6. The van der Waals surface area contributed by atoms with Crippen molar-refractivity contribution in [3.8, 4) is 0 Å². The van der Waals surface area contributed by atoms with E-state index in [4.69, 9.17) is 9.47 Å². The molecule has 0 spiro atoms. The highest BCUT2D eigenvalue weighted by molar-refractivity contribution is 6.04. The molecule has 1 aromatic rings. The van der Waals surface area contributed by atoms with E-state index in [1.807, 2.05) is 0 Å². The molecule has 1 N–H and O–H groups in total. The van der Waals surface area contributed by atoms with E-state index in [9.17, 15) is 14.7 Å². The Kier molecular flexibility index (Phi) is 6.56. The maximum absolute atomic E-state index is 12.1. The zero-order valence-electron chi connectivity index (χ0n) is 13.6. The highest BCUT2D eigenvalue weighted by Crippen LogP contribution is 2.26. The SMILES string of the molecule is CCOC(=O)C(O)(C(=O)OCC)c1ccc(CC(C)C)cc1. The minimum atomic E-state index is -2.43. The molecule has 0 saturated heterocycles. The fourth-order valence-corrected chi connectivity index (χ4v) is 2.14. The minimum absolute atomic E-state index is 0.0615. The third-order valence-corrected chi connectivity index (χ3v) is 3.16. The maximum atomic E-state index is 12.1. The van der Waals surface area contributed by atoms with Crippen LogP contribution in [0.2, 0.25) is 0 Å². The van der Waals surface area contributed by atoms with E-state index in [0.29, 0.717) is 5.92 Å². The lowest BCUT2D eigenvalue weighted by Gasteiger charge is -2.24. The quantitative estimate of drug-likeness (QED) is 0.617. The Hall–Kier alpha value is -1.88. The Balaban J connectivity index is 3.15. The van der Waals surface area contributed by atoms with Crippen LogP contribution in [0.5, 0.6) is 0 Å². The van der Waals surface area contributed by atoms with Gasteiger partial charge in [-0.05, 0) is 31.7 Å². The summed E-state index contributed by atoms with van der Waals surface area (Å²) in [5.74, 6) is -1.56. The first kappa shape index (κ1) is 18.2. The largest absolute Gasteiger partial charge is 0.463 e. The Labute approximate surface area is 131 Å². The first-order valence-electron chi connectivity index (χ1n) is 7.52. The van der Waals surface area contributed by atoms with Gasteiger partial charge in [-0.15, -0.1) is 0 Å². The van der Waals surface area contributed by atoms with Gasteiger partial charge in [0.25, 0.3) is 5.60 Å². The number of carbonyl (C=O) groups excluding carboxylic acids is 2. The molecule has 0 fully saturated rings. The maximum Gasteiger partial charge on any atom is 0.354 e. The van der Waals surface area contributed by atoms with Crippen molar-refractivity contribution in [1.82, 2.24) is 0 Å². The number of rotatable bonds is 7. The van der Waals surface area contributed by atoms with Gasteiger partial charge in [-0.3, -0.25) is 0 Å². The van der Waals surface area contributed by atoms with E-state index in [2.05, 4.69) is 13.8 Å². The number of hydrogen-bond acceptors (Lipinski definition) is 5. The number of aliphatic hydroxyl groups is 1. The van der Waals surface area contributed by atoms with Gasteiger partial charge < -0.3 is 14.6 Å². The van der Waals surface area contributed by atoms with E-state index in [1.54, 1.807) is 38.1 Å². The predicted octanol–water partition coefficient (Wildman–Crippen LogP) is 2.20. The first-order chi connectivity index (χ1) is 10.4. The lowest BCUT2D eigenvalue weighted by Crippen LogP contribution is -2.46. The van der Waals surface area contributed by atoms with Crippen molar-refractivity contribution in [3.05, 3.63) is 35.4 Å². The minimum Gasteiger partial charge on any atom is -0.463 e. The van der Waals surface area contributed by atoms with Crippen LogP contribution in [-0.4, -0.2) is 30.3 Å². The summed E-state index contributed by atoms with van der Waals surface area (Å²) in [6.07, 6.45) is 0.873. The predicted molar refractivity (Wildman–Crippen MR) is 82.1 cm³/mol. The summed E-state index contributed by atoms with van der Waals surface area (Å²) < 4.78 is 9.67. The molecule has 0 unspecified atom stereocenters. The van der Waals surface area contributed by atoms with Gasteiger partial charge in [0.15, 0.2) is 0 Å². The van der Waals surface area contributed by atoms with Gasteiger partial charge in [0, 0.05) is 5.56 Å². The van der Waals surface area contributed by atoms with Gasteiger partial charge in [0.2, 0.25) is 0 Å². The van der Waals surface area contributed by atoms with Gasteiger partial charge in [0.1, 0.15) is 0 Å². The van der Waals surface area contributed by atoms with Crippen molar-refractivity contribution in [2.75, 3.05) is 13.2 Å². The van der Waals surface area contributed by atoms with Crippen LogP contribution >= 0.6 is 0 Å². The molecular formula is C17H24O5. The second-order valence-corrected chi connectivity index (χ2v) is 5.45. The van der Waals surface area contributed by atoms with Gasteiger partial charge in [-0.25, -0.2) is 9.59 Å². The summed E-state index contributed by atoms with van der Waals surface area (Å²) in [6.45, 7) is 7.53. The zero-order valence-corrected chi connectivity index (χ0v) is 13.6. The second-order valence-electron chi connectivity index (χ2n) is 5.45. The molecule has 1 rings (SSSR count). The Bertz CT molecular complexity index is 486. The second kappa shape index (κ2) is 7.94. The average Bonchev–Trinajstić information content (AvgIpc) is 2.47. The topological polar surface area (TPSA) is 72.8 Å². The third-order valence-electron chi connectivity index (χ3n) is 3.16. The number of carbonyl (C=O) groups is 2. The summed E-state index contributed by atoms with van der Waals surface area (Å²) >= 11 is 0. The lowest BCUT2D eigenvalue weighted by molar-refractivity contribution is -0.184. The summed E-state index contributed by atoms with van der Waals surface area (Å²) in [5.41, 5.74) is -1.21. The molecule has 5 heteroatoms. The van der Waals surface area contributed by atoms with Crippen LogP contribution in [0.4, 0.5) is 0 Å². The van der Waals surface area contributed by atoms with E-state index < -0.39 is 17.5 Å². The van der Waals surface area contributed by atoms with Gasteiger partial charge in [-0.2, -0.15) is 0 Å². The molecule has 0 amide bonds. The van der Waals surface area contributed by atoms with Crippen LogP contribution in [0.1, 0.15) is 38.8 Å². The molecule has 5 nitrogen and oxygen atoms in total. The number of ether oxygens (including phenoxy) is 2. The Morgan fingerprint density at radius 1 is 1.05 bits per heavy atom. The molecule has 0 radical (unpaired) electrons. The lowest BCUT2D eigenvalue weighted by atomic mass is 9.91. The molecule has 122 valence electrons. The van der Waals surface area contributed by atoms with Crippen LogP contribution in [0.15, 0.2) is 24.3 Å². The molecule has 0 aromatic heterocycles. The summed E-state index contributed by atoms with van der Waals surface area (Å²) in [7, 11) is 0. The smallest absolute Gasteiger partial charge is 0.354 e. The van der Waals surface area contributed by atoms with Crippen LogP contribution in [0, 0.1) is 5.92 Å². The van der Waals surface area contributed by atoms with Crippen LogP contribution < -0.4 is 0 Å². The molecule has 0 saturated carbocycles. The summed E-state index contributed by atoms with van der Waals surface area (Å²) in [5, 5.41) is 10.6. The Morgan fingerprint density at radius 2 is 1.50 bits per heavy atom. The van der Waals surface area contributed by atoms with Crippen molar-refractivity contribution in [1.29, 1.82) is 0 Å². The standard InChI is InChI=1S/C17H24O5/c1-5-21-15(18)17(20,16(19)22-6-2)14-9-7-13(8-10-14)11-12(3)4/h7-10,12,20H,5-6,11H2,1-4H3. The molecule has 0 atom stereocenters.